The number of rotatable bonds is 7. The fourth-order valence-corrected chi connectivity index (χ4v) is 1.69. The van der Waals surface area contributed by atoms with E-state index in [0.29, 0.717) is 5.75 Å². The number of nitrogens with one attached hydrogen (secondary N) is 2. The lowest BCUT2D eigenvalue weighted by Gasteiger charge is -2.09. The minimum Gasteiger partial charge on any atom is -0.492 e. The summed E-state index contributed by atoms with van der Waals surface area (Å²) in [6, 6.07) is 14.8. The van der Waals surface area contributed by atoms with Gasteiger partial charge in [-0.2, -0.15) is 0 Å². The van der Waals surface area contributed by atoms with Gasteiger partial charge in [-0.1, -0.05) is 36.4 Å². The van der Waals surface area contributed by atoms with Crippen LogP contribution in [0.2, 0.25) is 0 Å². The molecule has 6 heteroatoms. The van der Waals surface area contributed by atoms with Gasteiger partial charge in [-0.25, -0.2) is 14.7 Å². The van der Waals surface area contributed by atoms with E-state index in [-0.39, 0.29) is 25.6 Å². The molecule has 0 heterocycles. The molecule has 2 aromatic carbocycles. The van der Waals surface area contributed by atoms with Gasteiger partial charge in [-0.15, -0.1) is 0 Å². The lowest BCUT2D eigenvalue weighted by Crippen LogP contribution is -2.37. The highest BCUT2D eigenvalue weighted by Gasteiger charge is 2.00. The predicted octanol–water partition coefficient (Wildman–Crippen LogP) is 2.64. The van der Waals surface area contributed by atoms with Gasteiger partial charge in [0.25, 0.3) is 0 Å². The van der Waals surface area contributed by atoms with Gasteiger partial charge < -0.3 is 10.1 Å². The third-order valence-corrected chi connectivity index (χ3v) is 2.70. The molecular weight excluding hydrogens is 287 g/mol. The molecular formula is C16H17FN2O3. The van der Waals surface area contributed by atoms with Crippen molar-refractivity contribution in [2.24, 2.45) is 0 Å². The van der Waals surface area contributed by atoms with Crippen molar-refractivity contribution in [3.8, 4) is 5.75 Å². The summed E-state index contributed by atoms with van der Waals surface area (Å²) in [5, 5.41) is 2.56. The molecule has 0 radical (unpaired) electrons. The smallest absolute Gasteiger partial charge is 0.338 e. The molecule has 0 aliphatic rings. The van der Waals surface area contributed by atoms with Crippen LogP contribution >= 0.6 is 0 Å². The van der Waals surface area contributed by atoms with E-state index >= 15 is 0 Å². The number of amides is 2. The van der Waals surface area contributed by atoms with E-state index in [2.05, 4.69) is 10.8 Å². The Hall–Kier alpha value is -2.60. The average molecular weight is 304 g/mol. The molecule has 2 amide bonds. The highest BCUT2D eigenvalue weighted by Crippen LogP contribution is 2.11. The van der Waals surface area contributed by atoms with Gasteiger partial charge >= 0.3 is 6.03 Å². The summed E-state index contributed by atoms with van der Waals surface area (Å²) in [6.45, 7) is 0.792. The van der Waals surface area contributed by atoms with Gasteiger partial charge in [0.2, 0.25) is 0 Å². The summed E-state index contributed by atoms with van der Waals surface area (Å²) in [7, 11) is 0. The van der Waals surface area contributed by atoms with E-state index in [9.17, 15) is 9.18 Å². The zero-order valence-corrected chi connectivity index (χ0v) is 11.9. The zero-order valence-electron chi connectivity index (χ0n) is 11.9. The standard InChI is InChI=1S/C16H17FN2O3/c17-14-7-4-8-15(11-14)21-10-9-18-16(20)19-22-12-13-5-2-1-3-6-13/h1-8,11H,9-10,12H2,(H2,18,19,20). The van der Waals surface area contributed by atoms with Gasteiger partial charge in [0.1, 0.15) is 18.2 Å². The van der Waals surface area contributed by atoms with Crippen LogP contribution in [0.1, 0.15) is 5.56 Å². The fourth-order valence-electron chi connectivity index (χ4n) is 1.69. The maximum atomic E-state index is 12.9. The highest BCUT2D eigenvalue weighted by molar-refractivity contribution is 5.72. The maximum Gasteiger partial charge on any atom is 0.338 e. The Labute approximate surface area is 128 Å². The SMILES string of the molecule is O=C(NCCOc1cccc(F)c1)NOCc1ccccc1. The molecule has 0 fully saturated rings. The minimum absolute atomic E-state index is 0.232. The van der Waals surface area contributed by atoms with Crippen LogP contribution in [-0.2, 0) is 11.4 Å². The van der Waals surface area contributed by atoms with E-state index in [4.69, 9.17) is 9.57 Å². The number of carbonyl (C=O) groups excluding carboxylic acids is 1. The zero-order chi connectivity index (χ0) is 15.6. The van der Waals surface area contributed by atoms with Crippen molar-refractivity contribution in [3.63, 3.8) is 0 Å². The second-order valence-electron chi connectivity index (χ2n) is 4.44. The van der Waals surface area contributed by atoms with E-state index in [0.717, 1.165) is 5.56 Å². The van der Waals surface area contributed by atoms with Crippen LogP contribution < -0.4 is 15.5 Å². The Morgan fingerprint density at radius 2 is 1.91 bits per heavy atom. The number of benzene rings is 2. The van der Waals surface area contributed by atoms with Crippen LogP contribution in [0.15, 0.2) is 54.6 Å². The fraction of sp³-hybridized carbons (Fsp3) is 0.188. The van der Waals surface area contributed by atoms with Crippen LogP contribution in [0, 0.1) is 5.82 Å². The second-order valence-corrected chi connectivity index (χ2v) is 4.44. The Kier molecular flexibility index (Phi) is 6.19. The quantitative estimate of drug-likeness (QED) is 0.610. The maximum absolute atomic E-state index is 12.9. The molecule has 116 valence electrons. The lowest BCUT2D eigenvalue weighted by atomic mass is 10.2. The van der Waals surface area contributed by atoms with Crippen LogP contribution in [0.4, 0.5) is 9.18 Å². The van der Waals surface area contributed by atoms with Crippen molar-refractivity contribution in [3.05, 3.63) is 66.0 Å². The highest BCUT2D eigenvalue weighted by atomic mass is 19.1. The second kappa shape index (κ2) is 8.63. The van der Waals surface area contributed by atoms with Crippen molar-refractivity contribution in [1.29, 1.82) is 0 Å². The normalized spacial score (nSPS) is 10.0. The molecule has 0 aromatic heterocycles. The third-order valence-electron chi connectivity index (χ3n) is 2.70. The Morgan fingerprint density at radius 1 is 1.09 bits per heavy atom. The van der Waals surface area contributed by atoms with Crippen molar-refractivity contribution < 1.29 is 18.8 Å². The number of hydrogen-bond acceptors (Lipinski definition) is 3. The summed E-state index contributed by atoms with van der Waals surface area (Å²) in [5.41, 5.74) is 3.23. The lowest BCUT2D eigenvalue weighted by molar-refractivity contribution is 0.0488. The molecule has 0 saturated heterocycles. The number of hydroxylamine groups is 1. The molecule has 0 aliphatic carbocycles. The van der Waals surface area contributed by atoms with Crippen molar-refractivity contribution in [1.82, 2.24) is 10.8 Å². The number of carbonyl (C=O) groups is 1. The van der Waals surface area contributed by atoms with E-state index in [1.807, 2.05) is 30.3 Å². The predicted molar refractivity (Wildman–Crippen MR) is 79.7 cm³/mol. The minimum atomic E-state index is -0.459. The monoisotopic (exact) mass is 304 g/mol. The van der Waals surface area contributed by atoms with Crippen LogP contribution in [-0.4, -0.2) is 19.2 Å². The van der Waals surface area contributed by atoms with E-state index in [1.54, 1.807) is 12.1 Å². The van der Waals surface area contributed by atoms with Crippen LogP contribution in [0.5, 0.6) is 5.75 Å². The first-order valence-electron chi connectivity index (χ1n) is 6.82. The Bertz CT molecular complexity index is 593. The molecule has 2 rings (SSSR count). The average Bonchev–Trinajstić information content (AvgIpc) is 2.53. The van der Waals surface area contributed by atoms with Gasteiger partial charge in [-0.05, 0) is 17.7 Å². The summed E-state index contributed by atoms with van der Waals surface area (Å²) in [5.74, 6) is 0.0556. The van der Waals surface area contributed by atoms with E-state index in [1.165, 1.54) is 12.1 Å². The molecule has 0 unspecified atom stereocenters. The number of halogens is 1. The van der Waals surface area contributed by atoms with Crippen molar-refractivity contribution >= 4 is 6.03 Å². The number of ether oxygens (including phenoxy) is 1. The first kappa shape index (κ1) is 15.8. The van der Waals surface area contributed by atoms with Crippen molar-refractivity contribution in [2.45, 2.75) is 6.61 Å². The third kappa shape index (κ3) is 5.80. The van der Waals surface area contributed by atoms with E-state index < -0.39 is 6.03 Å². The van der Waals surface area contributed by atoms with Crippen LogP contribution in [0.3, 0.4) is 0 Å². The Balaban J connectivity index is 1.56. The molecule has 0 aliphatic heterocycles. The molecule has 0 atom stereocenters. The van der Waals surface area contributed by atoms with Gasteiger partial charge in [0.15, 0.2) is 0 Å². The summed E-state index contributed by atoms with van der Waals surface area (Å²) >= 11 is 0. The topological polar surface area (TPSA) is 59.6 Å². The van der Waals surface area contributed by atoms with Crippen LogP contribution in [0.25, 0.3) is 0 Å². The summed E-state index contributed by atoms with van der Waals surface area (Å²) in [6.07, 6.45) is 0. The van der Waals surface area contributed by atoms with Gasteiger partial charge in [-0.3, -0.25) is 4.84 Å². The molecule has 2 aromatic rings. The largest absolute Gasteiger partial charge is 0.492 e. The summed E-state index contributed by atoms with van der Waals surface area (Å²) in [4.78, 5) is 16.5. The Morgan fingerprint density at radius 3 is 2.68 bits per heavy atom. The molecule has 5 nitrogen and oxygen atoms in total. The molecule has 0 saturated carbocycles. The van der Waals surface area contributed by atoms with Gasteiger partial charge in [0, 0.05) is 6.07 Å². The first-order chi connectivity index (χ1) is 10.7. The molecule has 22 heavy (non-hydrogen) atoms. The summed E-state index contributed by atoms with van der Waals surface area (Å²) < 4.78 is 18.2. The number of hydrogen-bond donors (Lipinski definition) is 2. The molecule has 2 N–H and O–H groups in total. The molecule has 0 bridgehead atoms. The van der Waals surface area contributed by atoms with Crippen molar-refractivity contribution in [2.75, 3.05) is 13.2 Å². The number of urea groups is 1. The van der Waals surface area contributed by atoms with Gasteiger partial charge in [0.05, 0.1) is 13.2 Å². The molecule has 0 spiro atoms. The first-order valence-corrected chi connectivity index (χ1v) is 6.82.